The van der Waals surface area contributed by atoms with E-state index in [0.717, 1.165) is 11.4 Å². The molecule has 5 aliphatic rings. The highest BCUT2D eigenvalue weighted by molar-refractivity contribution is 6.06. The van der Waals surface area contributed by atoms with Crippen molar-refractivity contribution >= 4 is 17.5 Å². The molecule has 0 unspecified atom stereocenters. The van der Waals surface area contributed by atoms with Gasteiger partial charge in [-0.05, 0) is 54.4 Å². The van der Waals surface area contributed by atoms with Crippen molar-refractivity contribution in [3.8, 4) is 5.75 Å². The molecular formula is C19H20N2O3. The molecule has 2 amide bonds. The number of amides is 2. The summed E-state index contributed by atoms with van der Waals surface area (Å²) in [7, 11) is 1.62. The number of likely N-dealkylation sites (tertiary alicyclic amines) is 1. The third-order valence-corrected chi connectivity index (χ3v) is 6.29. The Morgan fingerprint density at radius 1 is 1.04 bits per heavy atom. The number of hydrogen-bond donors (Lipinski definition) is 1. The lowest BCUT2D eigenvalue weighted by atomic mass is 9.63. The number of methoxy groups -OCH3 is 1. The Morgan fingerprint density at radius 3 is 2.17 bits per heavy atom. The quantitative estimate of drug-likeness (QED) is 0.681. The summed E-state index contributed by atoms with van der Waals surface area (Å²) in [5, 5.41) is 3.19. The Bertz CT molecular complexity index is 705. The lowest BCUT2D eigenvalue weighted by molar-refractivity contribution is -0.139. The number of nitrogens with zero attached hydrogens (tertiary/aromatic N) is 1. The molecular weight excluding hydrogens is 304 g/mol. The molecule has 4 aliphatic carbocycles. The molecule has 24 heavy (non-hydrogen) atoms. The van der Waals surface area contributed by atoms with E-state index in [1.54, 1.807) is 7.11 Å². The van der Waals surface area contributed by atoms with Crippen LogP contribution in [0.4, 0.5) is 5.69 Å². The van der Waals surface area contributed by atoms with E-state index < -0.39 is 0 Å². The van der Waals surface area contributed by atoms with Crippen LogP contribution < -0.4 is 10.1 Å². The topological polar surface area (TPSA) is 58.6 Å². The van der Waals surface area contributed by atoms with Gasteiger partial charge < -0.3 is 10.1 Å². The standard InChI is InChI=1S/C19H20N2O3/c1-24-11-4-2-10(3-5-11)20-9-21-18(22)16-12-6-7-13(15-8-14(12)15)17(16)19(21)23/h2-7,12-17,20H,8-9H2,1H3/t12-,13+,14-,15-,16+,17-/m1/s1. The fourth-order valence-corrected chi connectivity index (χ4v) is 5.05. The predicted molar refractivity (Wildman–Crippen MR) is 88.0 cm³/mol. The van der Waals surface area contributed by atoms with E-state index in [2.05, 4.69) is 17.5 Å². The number of anilines is 1. The van der Waals surface area contributed by atoms with Gasteiger partial charge in [0.1, 0.15) is 5.75 Å². The van der Waals surface area contributed by atoms with Crippen LogP contribution in [0.1, 0.15) is 6.42 Å². The van der Waals surface area contributed by atoms with Crippen LogP contribution in [0, 0.1) is 35.5 Å². The summed E-state index contributed by atoms with van der Waals surface area (Å²) in [6.45, 7) is 0.242. The second-order valence-electron chi connectivity index (χ2n) is 7.32. The van der Waals surface area contributed by atoms with Gasteiger partial charge in [-0.2, -0.15) is 0 Å². The van der Waals surface area contributed by atoms with Crippen molar-refractivity contribution in [2.45, 2.75) is 6.42 Å². The molecule has 1 heterocycles. The van der Waals surface area contributed by atoms with Crippen LogP contribution in [0.5, 0.6) is 5.75 Å². The van der Waals surface area contributed by atoms with Gasteiger partial charge in [-0.1, -0.05) is 12.2 Å². The summed E-state index contributed by atoms with van der Waals surface area (Å²) < 4.78 is 5.14. The zero-order valence-electron chi connectivity index (χ0n) is 13.5. The second-order valence-corrected chi connectivity index (χ2v) is 7.32. The molecule has 0 aromatic heterocycles. The largest absolute Gasteiger partial charge is 0.497 e. The Labute approximate surface area is 140 Å². The van der Waals surface area contributed by atoms with E-state index in [4.69, 9.17) is 4.74 Å². The minimum Gasteiger partial charge on any atom is -0.497 e. The molecule has 0 spiro atoms. The minimum absolute atomic E-state index is 0.00992. The van der Waals surface area contributed by atoms with Gasteiger partial charge in [-0.15, -0.1) is 0 Å². The maximum Gasteiger partial charge on any atom is 0.235 e. The van der Waals surface area contributed by atoms with Crippen molar-refractivity contribution in [3.05, 3.63) is 36.4 Å². The first-order chi connectivity index (χ1) is 11.7. The number of rotatable bonds is 4. The van der Waals surface area contributed by atoms with Gasteiger partial charge in [-0.25, -0.2) is 0 Å². The highest BCUT2D eigenvalue weighted by Gasteiger charge is 2.66. The zero-order chi connectivity index (χ0) is 16.4. The van der Waals surface area contributed by atoms with E-state index in [1.807, 2.05) is 24.3 Å². The number of benzene rings is 1. The first kappa shape index (κ1) is 14.1. The molecule has 1 N–H and O–H groups in total. The van der Waals surface area contributed by atoms with Gasteiger partial charge in [0.05, 0.1) is 25.6 Å². The minimum atomic E-state index is -0.117. The van der Waals surface area contributed by atoms with Crippen LogP contribution in [0.25, 0.3) is 0 Å². The van der Waals surface area contributed by atoms with E-state index in [-0.39, 0.29) is 42.2 Å². The van der Waals surface area contributed by atoms with Crippen LogP contribution in [-0.4, -0.2) is 30.5 Å². The fourth-order valence-electron chi connectivity index (χ4n) is 5.05. The lowest BCUT2D eigenvalue weighted by Crippen LogP contribution is -2.40. The van der Waals surface area contributed by atoms with Gasteiger partial charge in [0.15, 0.2) is 0 Å². The molecule has 124 valence electrons. The third-order valence-electron chi connectivity index (χ3n) is 6.29. The van der Waals surface area contributed by atoms with Gasteiger partial charge in [0, 0.05) is 5.69 Å². The van der Waals surface area contributed by atoms with Crippen molar-refractivity contribution in [1.29, 1.82) is 0 Å². The molecule has 1 aromatic carbocycles. The maximum absolute atomic E-state index is 12.8. The Balaban J connectivity index is 1.33. The number of ether oxygens (including phenoxy) is 1. The molecule has 2 bridgehead atoms. The van der Waals surface area contributed by atoms with Crippen molar-refractivity contribution < 1.29 is 14.3 Å². The van der Waals surface area contributed by atoms with E-state index in [1.165, 1.54) is 11.3 Å². The summed E-state index contributed by atoms with van der Waals surface area (Å²) in [6.07, 6.45) is 5.59. The number of hydrogen-bond acceptors (Lipinski definition) is 4. The van der Waals surface area contributed by atoms with Crippen LogP contribution >= 0.6 is 0 Å². The first-order valence-corrected chi connectivity index (χ1v) is 8.60. The summed E-state index contributed by atoms with van der Waals surface area (Å²) in [6, 6.07) is 7.48. The fraction of sp³-hybridized carbons (Fsp3) is 0.474. The smallest absolute Gasteiger partial charge is 0.235 e. The monoisotopic (exact) mass is 324 g/mol. The summed E-state index contributed by atoms with van der Waals surface area (Å²) in [5.41, 5.74) is 0.871. The van der Waals surface area contributed by atoms with Crippen LogP contribution in [-0.2, 0) is 9.59 Å². The molecule has 1 aromatic rings. The molecule has 3 fully saturated rings. The number of allylic oxidation sites excluding steroid dienone is 2. The van der Waals surface area contributed by atoms with Gasteiger partial charge in [-0.3, -0.25) is 14.5 Å². The molecule has 2 saturated carbocycles. The van der Waals surface area contributed by atoms with Crippen molar-refractivity contribution in [3.63, 3.8) is 0 Å². The van der Waals surface area contributed by atoms with E-state index >= 15 is 0 Å². The number of carbonyl (C=O) groups excluding carboxylic acids is 2. The number of imide groups is 1. The highest BCUT2D eigenvalue weighted by Crippen LogP contribution is 2.65. The van der Waals surface area contributed by atoms with Gasteiger partial charge in [0.2, 0.25) is 11.8 Å². The Morgan fingerprint density at radius 2 is 1.62 bits per heavy atom. The second kappa shape index (κ2) is 4.85. The average Bonchev–Trinajstić information content (AvgIpc) is 3.39. The van der Waals surface area contributed by atoms with Gasteiger partial charge in [0.25, 0.3) is 0 Å². The molecule has 1 aliphatic heterocycles. The number of carbonyl (C=O) groups is 2. The van der Waals surface area contributed by atoms with Crippen LogP contribution in [0.15, 0.2) is 36.4 Å². The molecule has 5 nitrogen and oxygen atoms in total. The molecule has 6 atom stereocenters. The average molecular weight is 324 g/mol. The Kier molecular flexibility index (Phi) is 2.84. The maximum atomic E-state index is 12.8. The van der Waals surface area contributed by atoms with Crippen molar-refractivity contribution in [1.82, 2.24) is 4.90 Å². The van der Waals surface area contributed by atoms with Crippen LogP contribution in [0.2, 0.25) is 0 Å². The first-order valence-electron chi connectivity index (χ1n) is 8.60. The molecule has 1 saturated heterocycles. The van der Waals surface area contributed by atoms with Gasteiger partial charge >= 0.3 is 0 Å². The third kappa shape index (κ3) is 1.81. The Hall–Kier alpha value is -2.30. The summed E-state index contributed by atoms with van der Waals surface area (Å²) in [5.74, 6) is 2.43. The lowest BCUT2D eigenvalue weighted by Gasteiger charge is -2.37. The van der Waals surface area contributed by atoms with E-state index in [0.29, 0.717) is 11.8 Å². The summed E-state index contributed by atoms with van der Waals surface area (Å²) in [4.78, 5) is 27.1. The van der Waals surface area contributed by atoms with E-state index in [9.17, 15) is 9.59 Å². The molecule has 6 rings (SSSR count). The SMILES string of the molecule is COc1ccc(NCN2C(=O)[C@@H]3[C@H]4C=C[C@H]([C@H]5C[C@H]45)[C@@H]3C2=O)cc1. The van der Waals surface area contributed by atoms with Crippen molar-refractivity contribution in [2.75, 3.05) is 19.1 Å². The normalized spacial score (nSPS) is 38.1. The van der Waals surface area contributed by atoms with Crippen LogP contribution in [0.3, 0.4) is 0 Å². The summed E-state index contributed by atoms with van der Waals surface area (Å²) >= 11 is 0. The molecule has 0 radical (unpaired) electrons. The highest BCUT2D eigenvalue weighted by atomic mass is 16.5. The predicted octanol–water partition coefficient (Wildman–Crippen LogP) is 2.12. The van der Waals surface area contributed by atoms with Crippen molar-refractivity contribution in [2.24, 2.45) is 35.5 Å². The molecule has 5 heteroatoms. The zero-order valence-corrected chi connectivity index (χ0v) is 13.5. The number of nitrogens with one attached hydrogen (secondary N) is 1.